The van der Waals surface area contributed by atoms with Gasteiger partial charge in [-0.05, 0) is 24.0 Å². The lowest BCUT2D eigenvalue weighted by molar-refractivity contribution is 0.0568. The van der Waals surface area contributed by atoms with Crippen molar-refractivity contribution in [2.75, 3.05) is 24.6 Å². The van der Waals surface area contributed by atoms with Gasteiger partial charge in [0.1, 0.15) is 21.9 Å². The second-order valence-corrected chi connectivity index (χ2v) is 12.6. The summed E-state index contributed by atoms with van der Waals surface area (Å²) in [7, 11) is 0. The third-order valence-corrected chi connectivity index (χ3v) is 9.62. The van der Waals surface area contributed by atoms with Gasteiger partial charge in [0.25, 0.3) is 0 Å². The number of thioether (sulfide) groups is 2. The van der Waals surface area contributed by atoms with E-state index < -0.39 is 12.5 Å². The molecule has 2 aromatic carbocycles. The highest BCUT2D eigenvalue weighted by Gasteiger charge is 2.38. The summed E-state index contributed by atoms with van der Waals surface area (Å²) in [6.45, 7) is 1.92. The van der Waals surface area contributed by atoms with Crippen molar-refractivity contribution in [3.8, 4) is 0 Å². The molecule has 2 aromatic rings. The summed E-state index contributed by atoms with van der Waals surface area (Å²) < 4.78 is 14.3. The molecule has 5 rings (SSSR count). The first-order chi connectivity index (χ1) is 18.5. The molecule has 2 saturated heterocycles. The van der Waals surface area contributed by atoms with Crippen LogP contribution in [0.15, 0.2) is 83.3 Å². The lowest BCUT2D eigenvalue weighted by Gasteiger charge is -2.35. The van der Waals surface area contributed by atoms with Gasteiger partial charge in [0, 0.05) is 35.7 Å². The highest BCUT2D eigenvalue weighted by Crippen LogP contribution is 2.39. The normalized spacial score (nSPS) is 19.8. The fraction of sp³-hybridized carbons (Fsp3) is 0.357. The number of ether oxygens (including phenoxy) is 2. The summed E-state index contributed by atoms with van der Waals surface area (Å²) >= 11 is 14.2. The summed E-state index contributed by atoms with van der Waals surface area (Å²) in [5.74, 6) is 2.61. The Morgan fingerprint density at radius 1 is 0.684 bits per heavy atom. The van der Waals surface area contributed by atoms with E-state index in [0.717, 1.165) is 22.6 Å². The molecule has 2 unspecified atom stereocenters. The molecule has 6 nitrogen and oxygen atoms in total. The van der Waals surface area contributed by atoms with E-state index in [2.05, 4.69) is 0 Å². The minimum Gasteiger partial charge on any atom is -0.485 e. The van der Waals surface area contributed by atoms with E-state index in [0.29, 0.717) is 70.5 Å². The van der Waals surface area contributed by atoms with Crippen molar-refractivity contribution in [2.24, 2.45) is 0 Å². The van der Waals surface area contributed by atoms with Gasteiger partial charge in [0.05, 0.1) is 0 Å². The van der Waals surface area contributed by atoms with Crippen molar-refractivity contribution >= 4 is 56.6 Å². The molecule has 10 heteroatoms. The summed E-state index contributed by atoms with van der Waals surface area (Å²) in [5, 5.41) is 23.0. The maximum Gasteiger partial charge on any atom is 0.165 e. The maximum atomic E-state index is 11.5. The smallest absolute Gasteiger partial charge is 0.165 e. The Bertz CT molecular complexity index is 1130. The Kier molecular flexibility index (Phi) is 9.29. The molecule has 0 bridgehead atoms. The maximum absolute atomic E-state index is 11.5. The van der Waals surface area contributed by atoms with E-state index in [9.17, 15) is 10.2 Å². The summed E-state index contributed by atoms with van der Waals surface area (Å²) in [6, 6.07) is 19.8. The molecule has 0 amide bonds. The van der Waals surface area contributed by atoms with Gasteiger partial charge in [-0.2, -0.15) is 0 Å². The number of thiocarbonyl (C=S) groups is 2. The summed E-state index contributed by atoms with van der Waals surface area (Å²) in [5.41, 5.74) is 3.41. The van der Waals surface area contributed by atoms with Crippen LogP contribution in [-0.2, 0) is 22.7 Å². The van der Waals surface area contributed by atoms with Crippen molar-refractivity contribution in [1.29, 1.82) is 0 Å². The fourth-order valence-corrected chi connectivity index (χ4v) is 7.21. The molecule has 1 aliphatic carbocycles. The number of hydrogen-bond donors (Lipinski definition) is 2. The van der Waals surface area contributed by atoms with Gasteiger partial charge in [0.2, 0.25) is 0 Å². The number of nitrogens with zero attached hydrogens (tertiary/aromatic N) is 2. The highest BCUT2D eigenvalue weighted by atomic mass is 32.2. The first-order valence-electron chi connectivity index (χ1n) is 12.6. The molecule has 2 atom stereocenters. The Morgan fingerprint density at radius 2 is 1.08 bits per heavy atom. The average molecular weight is 587 g/mol. The fourth-order valence-electron chi connectivity index (χ4n) is 4.69. The van der Waals surface area contributed by atoms with Crippen molar-refractivity contribution in [3.63, 3.8) is 0 Å². The van der Waals surface area contributed by atoms with Gasteiger partial charge >= 0.3 is 0 Å². The molecule has 2 aliphatic heterocycles. The van der Waals surface area contributed by atoms with Crippen LogP contribution in [0, 0.1) is 0 Å². The SMILES string of the molecule is OC(C1=C(OCc2ccccc2)C(OCc2ccccc2)=C(C(O)N2CCSC2=S)CC1)N1CCSC1=S. The van der Waals surface area contributed by atoms with Crippen molar-refractivity contribution < 1.29 is 19.7 Å². The molecule has 200 valence electrons. The number of hydrogen-bond acceptors (Lipinski definition) is 8. The summed E-state index contributed by atoms with van der Waals surface area (Å²) in [6.07, 6.45) is -0.845. The zero-order valence-electron chi connectivity index (χ0n) is 20.8. The Balaban J connectivity index is 1.55. The molecule has 0 spiro atoms. The molecule has 2 N–H and O–H groups in total. The van der Waals surface area contributed by atoms with E-state index in [4.69, 9.17) is 33.9 Å². The minimum absolute atomic E-state index is 0.297. The van der Waals surface area contributed by atoms with Gasteiger partial charge in [-0.3, -0.25) is 0 Å². The Labute approximate surface area is 242 Å². The van der Waals surface area contributed by atoms with E-state index >= 15 is 0 Å². The second kappa shape index (κ2) is 12.8. The van der Waals surface area contributed by atoms with E-state index in [-0.39, 0.29) is 0 Å². The molecule has 2 fully saturated rings. The van der Waals surface area contributed by atoms with Gasteiger partial charge in [0.15, 0.2) is 24.0 Å². The van der Waals surface area contributed by atoms with Crippen LogP contribution in [0.4, 0.5) is 0 Å². The first kappa shape index (κ1) is 27.5. The van der Waals surface area contributed by atoms with Crippen LogP contribution in [0.5, 0.6) is 0 Å². The minimum atomic E-state index is -0.930. The van der Waals surface area contributed by atoms with Gasteiger partial charge in [-0.1, -0.05) is 109 Å². The van der Waals surface area contributed by atoms with Crippen LogP contribution in [0.2, 0.25) is 0 Å². The molecule has 0 aromatic heterocycles. The van der Waals surface area contributed by atoms with Crippen LogP contribution < -0.4 is 0 Å². The van der Waals surface area contributed by atoms with Crippen LogP contribution in [0.3, 0.4) is 0 Å². The number of aliphatic hydroxyl groups excluding tert-OH is 2. The third-order valence-electron chi connectivity index (χ3n) is 6.70. The molecular weight excluding hydrogens is 557 g/mol. The lowest BCUT2D eigenvalue weighted by atomic mass is 9.92. The third kappa shape index (κ3) is 6.21. The number of benzene rings is 2. The molecule has 0 radical (unpaired) electrons. The van der Waals surface area contributed by atoms with Crippen LogP contribution in [-0.4, -0.2) is 65.7 Å². The highest BCUT2D eigenvalue weighted by molar-refractivity contribution is 8.23. The molecule has 2 heterocycles. The molecular formula is C28H30N2O4S4. The monoisotopic (exact) mass is 586 g/mol. The quantitative estimate of drug-likeness (QED) is 0.371. The average Bonchev–Trinajstić information content (AvgIpc) is 3.58. The lowest BCUT2D eigenvalue weighted by Crippen LogP contribution is -2.41. The number of aliphatic hydroxyl groups is 2. The predicted octanol–water partition coefficient (Wildman–Crippen LogP) is 5.03. The van der Waals surface area contributed by atoms with Crippen molar-refractivity contribution in [1.82, 2.24) is 9.80 Å². The molecule has 3 aliphatic rings. The topological polar surface area (TPSA) is 65.4 Å². The molecule has 0 saturated carbocycles. The zero-order chi connectivity index (χ0) is 26.5. The van der Waals surface area contributed by atoms with Crippen LogP contribution in [0.1, 0.15) is 24.0 Å². The van der Waals surface area contributed by atoms with Crippen LogP contribution >= 0.6 is 48.0 Å². The van der Waals surface area contributed by atoms with Crippen molar-refractivity contribution in [2.45, 2.75) is 38.5 Å². The first-order valence-corrected chi connectivity index (χ1v) is 15.3. The van der Waals surface area contributed by atoms with Crippen molar-refractivity contribution in [3.05, 3.63) is 94.5 Å². The summed E-state index contributed by atoms with van der Waals surface area (Å²) in [4.78, 5) is 3.67. The molecule has 38 heavy (non-hydrogen) atoms. The zero-order valence-corrected chi connectivity index (χ0v) is 24.1. The standard InChI is InChI=1S/C28H30N2O4S4/c31-25(29-13-15-37-27(29)35)21-11-12-22(26(32)30-14-16-38-28(30)36)24(34-18-20-9-5-2-6-10-20)23(21)33-17-19-7-3-1-4-8-19/h1-10,25-26,31-32H,11-18H2. The number of rotatable bonds is 10. The van der Waals surface area contributed by atoms with Gasteiger partial charge in [-0.15, -0.1) is 0 Å². The van der Waals surface area contributed by atoms with Gasteiger partial charge < -0.3 is 29.5 Å². The van der Waals surface area contributed by atoms with E-state index in [1.54, 1.807) is 23.5 Å². The second-order valence-electron chi connectivity index (χ2n) is 9.12. The largest absolute Gasteiger partial charge is 0.485 e. The van der Waals surface area contributed by atoms with Gasteiger partial charge in [-0.25, -0.2) is 0 Å². The Hall–Kier alpha value is -2.08. The Morgan fingerprint density at radius 3 is 1.42 bits per heavy atom. The van der Waals surface area contributed by atoms with E-state index in [1.807, 2.05) is 70.5 Å². The van der Waals surface area contributed by atoms with E-state index in [1.165, 1.54) is 0 Å². The van der Waals surface area contributed by atoms with Crippen LogP contribution in [0.25, 0.3) is 0 Å². The predicted molar refractivity (Wildman–Crippen MR) is 161 cm³/mol.